The van der Waals surface area contributed by atoms with Crippen LogP contribution in [0.4, 0.5) is 0 Å². The van der Waals surface area contributed by atoms with Crippen molar-refractivity contribution in [1.82, 2.24) is 14.1 Å². The van der Waals surface area contributed by atoms with E-state index in [9.17, 15) is 13.2 Å². The average molecular weight is 436 g/mol. The summed E-state index contributed by atoms with van der Waals surface area (Å²) in [4.78, 5) is 16.9. The molecule has 1 aliphatic heterocycles. The van der Waals surface area contributed by atoms with E-state index in [1.165, 1.54) is 4.31 Å². The molecular formula is C21H26ClN3O3S. The summed E-state index contributed by atoms with van der Waals surface area (Å²) in [6.07, 6.45) is 0. The Kier molecular flexibility index (Phi) is 6.95. The first-order valence-corrected chi connectivity index (χ1v) is 11.4. The second-order valence-electron chi connectivity index (χ2n) is 7.36. The zero-order valence-electron chi connectivity index (χ0n) is 16.7. The highest BCUT2D eigenvalue weighted by Crippen LogP contribution is 2.23. The molecular weight excluding hydrogens is 410 g/mol. The number of aryl methyl sites for hydroxylation is 1. The third-order valence-electron chi connectivity index (χ3n) is 5.13. The van der Waals surface area contributed by atoms with Gasteiger partial charge in [-0.15, -0.1) is 0 Å². The molecule has 1 aliphatic rings. The molecule has 1 fully saturated rings. The van der Waals surface area contributed by atoms with Crippen LogP contribution in [-0.4, -0.2) is 68.2 Å². The number of nitrogens with zero attached hydrogens (tertiary/aromatic N) is 3. The van der Waals surface area contributed by atoms with Crippen LogP contribution in [0, 0.1) is 6.92 Å². The maximum absolute atomic E-state index is 13.3. The van der Waals surface area contributed by atoms with Gasteiger partial charge in [0, 0.05) is 37.7 Å². The zero-order chi connectivity index (χ0) is 21.0. The first-order chi connectivity index (χ1) is 13.8. The molecule has 1 saturated heterocycles. The molecule has 0 spiro atoms. The van der Waals surface area contributed by atoms with Crippen molar-refractivity contribution >= 4 is 27.5 Å². The van der Waals surface area contributed by atoms with Crippen molar-refractivity contribution in [2.45, 2.75) is 18.4 Å². The summed E-state index contributed by atoms with van der Waals surface area (Å²) in [5, 5.41) is 0.476. The highest BCUT2D eigenvalue weighted by Gasteiger charge is 2.30. The molecule has 0 atom stereocenters. The Labute approximate surface area is 177 Å². The molecule has 3 rings (SSSR count). The lowest BCUT2D eigenvalue weighted by Crippen LogP contribution is -2.50. The van der Waals surface area contributed by atoms with Crippen molar-refractivity contribution in [2.24, 2.45) is 0 Å². The van der Waals surface area contributed by atoms with Gasteiger partial charge < -0.3 is 9.80 Å². The van der Waals surface area contributed by atoms with Crippen molar-refractivity contribution in [1.29, 1.82) is 0 Å². The van der Waals surface area contributed by atoms with Crippen molar-refractivity contribution < 1.29 is 13.2 Å². The van der Waals surface area contributed by atoms with Crippen LogP contribution in [0.1, 0.15) is 11.1 Å². The smallest absolute Gasteiger partial charge is 0.243 e. The zero-order valence-corrected chi connectivity index (χ0v) is 18.3. The Morgan fingerprint density at radius 2 is 1.66 bits per heavy atom. The summed E-state index contributed by atoms with van der Waals surface area (Å²) in [6.45, 7) is 4.47. The van der Waals surface area contributed by atoms with E-state index < -0.39 is 10.0 Å². The van der Waals surface area contributed by atoms with Gasteiger partial charge >= 0.3 is 0 Å². The number of rotatable bonds is 6. The highest BCUT2D eigenvalue weighted by atomic mass is 35.5. The normalized spacial score (nSPS) is 15.7. The number of carbonyl (C=O) groups is 1. The van der Waals surface area contributed by atoms with E-state index in [4.69, 9.17) is 11.6 Å². The minimum Gasteiger partial charge on any atom is -0.339 e. The molecule has 6 nitrogen and oxygen atoms in total. The van der Waals surface area contributed by atoms with E-state index in [0.29, 0.717) is 23.7 Å². The minimum atomic E-state index is -3.86. The molecule has 0 aromatic heterocycles. The van der Waals surface area contributed by atoms with Crippen LogP contribution >= 0.6 is 11.6 Å². The van der Waals surface area contributed by atoms with Gasteiger partial charge in [0.05, 0.1) is 11.4 Å². The van der Waals surface area contributed by atoms with E-state index in [-0.39, 0.29) is 23.9 Å². The number of sulfonamides is 1. The number of hydrogen-bond donors (Lipinski definition) is 0. The number of amides is 1. The molecule has 1 amide bonds. The van der Waals surface area contributed by atoms with Gasteiger partial charge in [-0.25, -0.2) is 8.42 Å². The van der Waals surface area contributed by atoms with Gasteiger partial charge in [-0.2, -0.15) is 4.31 Å². The first-order valence-electron chi connectivity index (χ1n) is 9.54. The summed E-state index contributed by atoms with van der Waals surface area (Å²) in [5.74, 6) is -0.194. The molecule has 156 valence electrons. The molecule has 2 aromatic rings. The maximum Gasteiger partial charge on any atom is 0.243 e. The molecule has 0 aliphatic carbocycles. The Bertz CT molecular complexity index is 955. The molecule has 0 N–H and O–H groups in total. The second kappa shape index (κ2) is 9.26. The van der Waals surface area contributed by atoms with Gasteiger partial charge in [-0.3, -0.25) is 4.79 Å². The van der Waals surface area contributed by atoms with Crippen LogP contribution in [0.3, 0.4) is 0 Å². The standard InChI is InChI=1S/C21H26ClN3O3S/c1-17-7-9-19(10-8-17)29(27,28)25(15-18-5-3-4-6-20(18)22)16-21(26)24-13-11-23(2)12-14-24/h3-10H,11-16H2,1-2H3. The number of likely N-dealkylation sites (N-methyl/N-ethyl adjacent to an activating group) is 1. The number of piperazine rings is 1. The second-order valence-corrected chi connectivity index (χ2v) is 9.71. The van der Waals surface area contributed by atoms with E-state index in [1.54, 1.807) is 53.4 Å². The van der Waals surface area contributed by atoms with Crippen molar-refractivity contribution in [3.8, 4) is 0 Å². The number of hydrogen-bond acceptors (Lipinski definition) is 4. The SMILES string of the molecule is Cc1ccc(S(=O)(=O)N(CC(=O)N2CCN(C)CC2)Cc2ccccc2Cl)cc1. The lowest BCUT2D eigenvalue weighted by atomic mass is 10.2. The molecule has 8 heteroatoms. The summed E-state index contributed by atoms with van der Waals surface area (Å²) >= 11 is 6.26. The lowest BCUT2D eigenvalue weighted by Gasteiger charge is -2.33. The lowest BCUT2D eigenvalue weighted by molar-refractivity contribution is -0.133. The summed E-state index contributed by atoms with van der Waals surface area (Å²) in [5.41, 5.74) is 1.63. The maximum atomic E-state index is 13.3. The number of halogens is 1. The molecule has 0 unspecified atom stereocenters. The van der Waals surface area contributed by atoms with Crippen LogP contribution in [0.25, 0.3) is 0 Å². The largest absolute Gasteiger partial charge is 0.339 e. The third-order valence-corrected chi connectivity index (χ3v) is 7.31. The van der Waals surface area contributed by atoms with Crippen LogP contribution in [0.15, 0.2) is 53.4 Å². The van der Waals surface area contributed by atoms with Gasteiger partial charge in [-0.1, -0.05) is 47.5 Å². The Morgan fingerprint density at radius 1 is 1.03 bits per heavy atom. The molecule has 29 heavy (non-hydrogen) atoms. The predicted molar refractivity (Wildman–Crippen MR) is 114 cm³/mol. The number of carbonyl (C=O) groups excluding carboxylic acids is 1. The van der Waals surface area contributed by atoms with Gasteiger partial charge in [0.1, 0.15) is 0 Å². The van der Waals surface area contributed by atoms with Crippen molar-refractivity contribution in [2.75, 3.05) is 39.8 Å². The average Bonchev–Trinajstić information content (AvgIpc) is 2.70. The van der Waals surface area contributed by atoms with Gasteiger partial charge in [0.2, 0.25) is 15.9 Å². The van der Waals surface area contributed by atoms with Gasteiger partial charge in [0.15, 0.2) is 0 Å². The monoisotopic (exact) mass is 435 g/mol. The van der Waals surface area contributed by atoms with Crippen molar-refractivity contribution in [3.05, 3.63) is 64.7 Å². The van der Waals surface area contributed by atoms with Crippen LogP contribution in [-0.2, 0) is 21.4 Å². The Hall–Kier alpha value is -1.93. The first kappa shape index (κ1) is 21.8. The van der Waals surface area contributed by atoms with Crippen LogP contribution in [0.2, 0.25) is 5.02 Å². The third kappa shape index (κ3) is 5.36. The molecule has 2 aromatic carbocycles. The van der Waals surface area contributed by atoms with Crippen LogP contribution < -0.4 is 0 Å². The minimum absolute atomic E-state index is 0.0371. The fourth-order valence-electron chi connectivity index (χ4n) is 3.21. The molecule has 0 saturated carbocycles. The molecule has 0 bridgehead atoms. The quantitative estimate of drug-likeness (QED) is 0.699. The number of benzene rings is 2. The summed E-state index contributed by atoms with van der Waals surface area (Å²) in [6, 6.07) is 13.7. The van der Waals surface area contributed by atoms with E-state index in [2.05, 4.69) is 4.90 Å². The fraction of sp³-hybridized carbons (Fsp3) is 0.381. The predicted octanol–water partition coefficient (Wildman–Crippen LogP) is 2.61. The molecule has 0 radical (unpaired) electrons. The van der Waals surface area contributed by atoms with Gasteiger partial charge in [-0.05, 0) is 37.7 Å². The summed E-state index contributed by atoms with van der Waals surface area (Å²) < 4.78 is 27.9. The Balaban J connectivity index is 1.88. The van der Waals surface area contributed by atoms with E-state index >= 15 is 0 Å². The topological polar surface area (TPSA) is 60.9 Å². The fourth-order valence-corrected chi connectivity index (χ4v) is 4.77. The van der Waals surface area contributed by atoms with Crippen molar-refractivity contribution in [3.63, 3.8) is 0 Å². The Morgan fingerprint density at radius 3 is 2.28 bits per heavy atom. The van der Waals surface area contributed by atoms with E-state index in [1.807, 2.05) is 14.0 Å². The van der Waals surface area contributed by atoms with E-state index in [0.717, 1.165) is 18.7 Å². The molecule has 1 heterocycles. The highest BCUT2D eigenvalue weighted by molar-refractivity contribution is 7.89. The van der Waals surface area contributed by atoms with Crippen LogP contribution in [0.5, 0.6) is 0 Å². The summed E-state index contributed by atoms with van der Waals surface area (Å²) in [7, 11) is -1.85. The van der Waals surface area contributed by atoms with Gasteiger partial charge in [0.25, 0.3) is 0 Å².